The monoisotopic (exact) mass is 293 g/mol. The summed E-state index contributed by atoms with van der Waals surface area (Å²) < 4.78 is 10.5. The van der Waals surface area contributed by atoms with Gasteiger partial charge in [0.25, 0.3) is 0 Å². The number of nitrogens with zero attached hydrogens (tertiary/aromatic N) is 1. The summed E-state index contributed by atoms with van der Waals surface area (Å²) in [7, 11) is 3.23. The molecule has 1 aliphatic heterocycles. The van der Waals surface area contributed by atoms with Gasteiger partial charge in [-0.1, -0.05) is 0 Å². The van der Waals surface area contributed by atoms with Crippen LogP contribution in [0.1, 0.15) is 31.7 Å². The van der Waals surface area contributed by atoms with Crippen LogP contribution < -0.4 is 9.47 Å². The average molecular weight is 293 g/mol. The van der Waals surface area contributed by atoms with E-state index in [0.717, 1.165) is 29.9 Å². The molecule has 1 aromatic carbocycles. The second-order valence-corrected chi connectivity index (χ2v) is 5.53. The molecule has 0 aliphatic carbocycles. The number of carboxylic acids is 1. The number of rotatable bonds is 5. The topological polar surface area (TPSA) is 59.0 Å². The van der Waals surface area contributed by atoms with E-state index in [0.29, 0.717) is 13.0 Å². The van der Waals surface area contributed by atoms with Crippen molar-refractivity contribution in [2.24, 2.45) is 0 Å². The molecule has 2 rings (SSSR count). The summed E-state index contributed by atoms with van der Waals surface area (Å²) in [5, 5.41) is 9.41. The van der Waals surface area contributed by atoms with Gasteiger partial charge in [-0.2, -0.15) is 0 Å². The molecule has 1 aromatic rings. The summed E-state index contributed by atoms with van der Waals surface area (Å²) in [4.78, 5) is 13.5. The van der Waals surface area contributed by atoms with Gasteiger partial charge in [0.1, 0.15) is 17.5 Å². The number of benzene rings is 1. The van der Waals surface area contributed by atoms with Crippen LogP contribution in [0.5, 0.6) is 11.5 Å². The standard InChI is InChI=1S/C16H23NO4/c1-11-5-4-6-15(16(18)19)17(11)10-12-7-13(20-2)9-14(8-12)21-3/h7-9,11,15H,4-6,10H2,1-3H3,(H,18,19)/t11-,15-/m0/s1. The maximum Gasteiger partial charge on any atom is 0.320 e. The van der Waals surface area contributed by atoms with E-state index in [9.17, 15) is 9.90 Å². The SMILES string of the molecule is COc1cc(CN2[C@@H](C)CCC[C@H]2C(=O)O)cc(OC)c1. The molecule has 1 aliphatic rings. The Morgan fingerprint density at radius 2 is 1.86 bits per heavy atom. The van der Waals surface area contributed by atoms with E-state index in [1.807, 2.05) is 18.2 Å². The molecule has 0 spiro atoms. The second kappa shape index (κ2) is 6.80. The summed E-state index contributed by atoms with van der Waals surface area (Å²) in [6.07, 6.45) is 2.71. The Hall–Kier alpha value is -1.75. The number of aliphatic carboxylic acids is 1. The highest BCUT2D eigenvalue weighted by Gasteiger charge is 2.32. The van der Waals surface area contributed by atoms with E-state index < -0.39 is 12.0 Å². The van der Waals surface area contributed by atoms with Gasteiger partial charge in [-0.05, 0) is 43.9 Å². The second-order valence-electron chi connectivity index (χ2n) is 5.53. The first kappa shape index (κ1) is 15.6. The fourth-order valence-corrected chi connectivity index (χ4v) is 2.95. The van der Waals surface area contributed by atoms with Gasteiger partial charge in [-0.3, -0.25) is 9.69 Å². The molecule has 5 heteroatoms. The van der Waals surface area contributed by atoms with Crippen molar-refractivity contribution in [1.29, 1.82) is 0 Å². The number of carbonyl (C=O) groups is 1. The Bertz CT molecular complexity index is 481. The van der Waals surface area contributed by atoms with E-state index >= 15 is 0 Å². The molecule has 116 valence electrons. The van der Waals surface area contributed by atoms with Crippen LogP contribution in [0, 0.1) is 0 Å². The van der Waals surface area contributed by atoms with E-state index in [1.165, 1.54) is 0 Å². The van der Waals surface area contributed by atoms with E-state index in [-0.39, 0.29) is 6.04 Å². The molecule has 1 N–H and O–H groups in total. The third kappa shape index (κ3) is 3.67. The van der Waals surface area contributed by atoms with Crippen LogP contribution in [0.25, 0.3) is 0 Å². The molecule has 0 aromatic heterocycles. The molecule has 2 atom stereocenters. The van der Waals surface area contributed by atoms with Gasteiger partial charge in [-0.15, -0.1) is 0 Å². The number of carboxylic acid groups (broad SMARTS) is 1. The van der Waals surface area contributed by atoms with Crippen LogP contribution in [-0.2, 0) is 11.3 Å². The highest BCUT2D eigenvalue weighted by molar-refractivity contribution is 5.73. The highest BCUT2D eigenvalue weighted by Crippen LogP contribution is 2.28. The lowest BCUT2D eigenvalue weighted by Gasteiger charge is -2.38. The molecule has 0 amide bonds. The summed E-state index contributed by atoms with van der Waals surface area (Å²) in [6.45, 7) is 2.68. The zero-order valence-corrected chi connectivity index (χ0v) is 12.8. The van der Waals surface area contributed by atoms with Gasteiger partial charge in [0, 0.05) is 18.7 Å². The maximum atomic E-state index is 11.5. The zero-order chi connectivity index (χ0) is 15.4. The van der Waals surface area contributed by atoms with Crippen molar-refractivity contribution in [3.8, 4) is 11.5 Å². The van der Waals surface area contributed by atoms with Crippen molar-refractivity contribution in [3.63, 3.8) is 0 Å². The Labute approximate surface area is 125 Å². The lowest BCUT2D eigenvalue weighted by molar-refractivity contribution is -0.146. The molecule has 0 unspecified atom stereocenters. The molecule has 1 saturated heterocycles. The minimum absolute atomic E-state index is 0.261. The summed E-state index contributed by atoms with van der Waals surface area (Å²) in [5.74, 6) is 0.707. The summed E-state index contributed by atoms with van der Waals surface area (Å²) in [6, 6.07) is 5.53. The van der Waals surface area contributed by atoms with Gasteiger partial charge < -0.3 is 14.6 Å². The van der Waals surface area contributed by atoms with E-state index in [1.54, 1.807) is 14.2 Å². The minimum Gasteiger partial charge on any atom is -0.497 e. The number of hydrogen-bond donors (Lipinski definition) is 1. The summed E-state index contributed by atoms with van der Waals surface area (Å²) in [5.41, 5.74) is 1.01. The molecule has 0 saturated carbocycles. The lowest BCUT2D eigenvalue weighted by atomic mass is 9.95. The van der Waals surface area contributed by atoms with Gasteiger partial charge >= 0.3 is 5.97 Å². The Kier molecular flexibility index (Phi) is 5.07. The normalized spacial score (nSPS) is 22.8. The Morgan fingerprint density at radius 3 is 2.38 bits per heavy atom. The van der Waals surface area contributed by atoms with Crippen LogP contribution in [0.4, 0.5) is 0 Å². The van der Waals surface area contributed by atoms with Crippen LogP contribution in [0.3, 0.4) is 0 Å². The molecule has 0 bridgehead atoms. The third-order valence-electron chi connectivity index (χ3n) is 4.13. The maximum absolute atomic E-state index is 11.5. The van der Waals surface area contributed by atoms with Crippen molar-refractivity contribution in [3.05, 3.63) is 23.8 Å². The average Bonchev–Trinajstić information content (AvgIpc) is 2.48. The van der Waals surface area contributed by atoms with E-state index in [4.69, 9.17) is 9.47 Å². The quantitative estimate of drug-likeness (QED) is 0.904. The fourth-order valence-electron chi connectivity index (χ4n) is 2.95. The van der Waals surface area contributed by atoms with Gasteiger partial charge in [-0.25, -0.2) is 0 Å². The first-order valence-corrected chi connectivity index (χ1v) is 7.25. The predicted octanol–water partition coefficient (Wildman–Crippen LogP) is 2.53. The number of likely N-dealkylation sites (tertiary alicyclic amines) is 1. The number of ether oxygens (including phenoxy) is 2. The summed E-state index contributed by atoms with van der Waals surface area (Å²) >= 11 is 0. The first-order valence-electron chi connectivity index (χ1n) is 7.25. The van der Waals surface area contributed by atoms with Crippen molar-refractivity contribution in [2.75, 3.05) is 14.2 Å². The van der Waals surface area contributed by atoms with Crippen molar-refractivity contribution in [2.45, 2.75) is 44.8 Å². The number of methoxy groups -OCH3 is 2. The van der Waals surface area contributed by atoms with Crippen molar-refractivity contribution >= 4 is 5.97 Å². The van der Waals surface area contributed by atoms with Crippen LogP contribution in [-0.4, -0.2) is 42.3 Å². The molecule has 5 nitrogen and oxygen atoms in total. The highest BCUT2D eigenvalue weighted by atomic mass is 16.5. The number of piperidine rings is 1. The first-order chi connectivity index (χ1) is 10.0. The van der Waals surface area contributed by atoms with Gasteiger partial charge in [0.2, 0.25) is 0 Å². The third-order valence-corrected chi connectivity index (χ3v) is 4.13. The number of hydrogen-bond acceptors (Lipinski definition) is 4. The lowest BCUT2D eigenvalue weighted by Crippen LogP contribution is -2.48. The molecule has 0 radical (unpaired) electrons. The molecular weight excluding hydrogens is 270 g/mol. The largest absolute Gasteiger partial charge is 0.497 e. The van der Waals surface area contributed by atoms with Gasteiger partial charge in [0.05, 0.1) is 14.2 Å². The fraction of sp³-hybridized carbons (Fsp3) is 0.562. The molecular formula is C16H23NO4. The zero-order valence-electron chi connectivity index (χ0n) is 12.8. The molecule has 1 heterocycles. The van der Waals surface area contributed by atoms with Crippen molar-refractivity contribution < 1.29 is 19.4 Å². The van der Waals surface area contributed by atoms with Crippen LogP contribution >= 0.6 is 0 Å². The van der Waals surface area contributed by atoms with E-state index in [2.05, 4.69) is 11.8 Å². The Balaban J connectivity index is 2.23. The van der Waals surface area contributed by atoms with Crippen LogP contribution in [0.2, 0.25) is 0 Å². The Morgan fingerprint density at radius 1 is 1.24 bits per heavy atom. The minimum atomic E-state index is -0.739. The smallest absolute Gasteiger partial charge is 0.320 e. The van der Waals surface area contributed by atoms with Crippen LogP contribution in [0.15, 0.2) is 18.2 Å². The molecule has 1 fully saturated rings. The predicted molar refractivity (Wildman–Crippen MR) is 79.8 cm³/mol. The molecule has 21 heavy (non-hydrogen) atoms. The van der Waals surface area contributed by atoms with Gasteiger partial charge in [0.15, 0.2) is 0 Å². The van der Waals surface area contributed by atoms with Crippen molar-refractivity contribution in [1.82, 2.24) is 4.90 Å².